The van der Waals surface area contributed by atoms with Crippen molar-refractivity contribution >= 4 is 5.91 Å². The van der Waals surface area contributed by atoms with Crippen molar-refractivity contribution in [3.05, 3.63) is 48.2 Å². The standard InChI is InChI=1S/C24H29FN4O/c25-20-6-4-17(5-7-20)22-8-11-26-23(27-22)18-9-13-28(14-10-18)24(30)19-15-21-3-1-2-12-29(21)16-19/h4-8,11,18-19,21H,1-3,9-10,12-16H2. The van der Waals surface area contributed by atoms with Crippen LogP contribution in [0.4, 0.5) is 4.39 Å². The Morgan fingerprint density at radius 3 is 2.57 bits per heavy atom. The largest absolute Gasteiger partial charge is 0.342 e. The van der Waals surface area contributed by atoms with Crippen molar-refractivity contribution in [2.24, 2.45) is 5.92 Å². The van der Waals surface area contributed by atoms with E-state index in [4.69, 9.17) is 4.98 Å². The third-order valence-electron chi connectivity index (χ3n) is 7.10. The molecule has 30 heavy (non-hydrogen) atoms. The van der Waals surface area contributed by atoms with Crippen LogP contribution in [0.25, 0.3) is 11.3 Å². The number of aromatic nitrogens is 2. The molecule has 158 valence electrons. The van der Waals surface area contributed by atoms with Crippen molar-refractivity contribution in [3.63, 3.8) is 0 Å². The van der Waals surface area contributed by atoms with Crippen molar-refractivity contribution in [3.8, 4) is 11.3 Å². The first kappa shape index (κ1) is 19.6. The van der Waals surface area contributed by atoms with Crippen LogP contribution in [0.15, 0.2) is 36.5 Å². The number of nitrogens with zero attached hydrogens (tertiary/aromatic N) is 4. The number of carbonyl (C=O) groups excluding carboxylic acids is 1. The molecular formula is C24H29FN4O. The lowest BCUT2D eigenvalue weighted by Crippen LogP contribution is -2.42. The minimum atomic E-state index is -0.247. The van der Waals surface area contributed by atoms with Crippen molar-refractivity contribution < 1.29 is 9.18 Å². The molecule has 0 aliphatic carbocycles. The fraction of sp³-hybridized carbons (Fsp3) is 0.542. The minimum Gasteiger partial charge on any atom is -0.342 e. The van der Waals surface area contributed by atoms with Crippen LogP contribution >= 0.6 is 0 Å². The highest BCUT2D eigenvalue weighted by molar-refractivity contribution is 5.79. The second-order valence-electron chi connectivity index (χ2n) is 8.98. The second-order valence-corrected chi connectivity index (χ2v) is 8.98. The molecule has 1 amide bonds. The van der Waals surface area contributed by atoms with E-state index in [9.17, 15) is 9.18 Å². The Morgan fingerprint density at radius 1 is 1.00 bits per heavy atom. The Morgan fingerprint density at radius 2 is 1.80 bits per heavy atom. The van der Waals surface area contributed by atoms with E-state index in [0.29, 0.717) is 11.9 Å². The van der Waals surface area contributed by atoms with Gasteiger partial charge >= 0.3 is 0 Å². The van der Waals surface area contributed by atoms with Gasteiger partial charge in [0, 0.05) is 43.4 Å². The zero-order valence-corrected chi connectivity index (χ0v) is 17.3. The van der Waals surface area contributed by atoms with Crippen molar-refractivity contribution in [1.82, 2.24) is 19.8 Å². The monoisotopic (exact) mass is 408 g/mol. The first-order valence-corrected chi connectivity index (χ1v) is 11.3. The minimum absolute atomic E-state index is 0.183. The van der Waals surface area contributed by atoms with Gasteiger partial charge in [0.2, 0.25) is 5.91 Å². The summed E-state index contributed by atoms with van der Waals surface area (Å²) in [5, 5.41) is 0. The van der Waals surface area contributed by atoms with Crippen LogP contribution in [0.5, 0.6) is 0 Å². The van der Waals surface area contributed by atoms with Gasteiger partial charge in [0.15, 0.2) is 0 Å². The summed E-state index contributed by atoms with van der Waals surface area (Å²) in [6.45, 7) is 3.69. The predicted molar refractivity (Wildman–Crippen MR) is 113 cm³/mol. The summed E-state index contributed by atoms with van der Waals surface area (Å²) in [6, 6.07) is 8.90. The Kier molecular flexibility index (Phi) is 5.50. The summed E-state index contributed by atoms with van der Waals surface area (Å²) in [4.78, 5) is 27.0. The molecule has 3 aliphatic rings. The van der Waals surface area contributed by atoms with Gasteiger partial charge < -0.3 is 4.90 Å². The first-order valence-electron chi connectivity index (χ1n) is 11.3. The molecule has 5 nitrogen and oxygen atoms in total. The zero-order valence-electron chi connectivity index (χ0n) is 17.3. The number of piperidine rings is 2. The van der Waals surface area contributed by atoms with Crippen molar-refractivity contribution in [2.45, 2.75) is 50.5 Å². The second kappa shape index (κ2) is 8.42. The highest BCUT2D eigenvalue weighted by Gasteiger charge is 2.39. The summed E-state index contributed by atoms with van der Waals surface area (Å²) >= 11 is 0. The van der Waals surface area contributed by atoms with E-state index in [2.05, 4.69) is 14.8 Å². The Balaban J connectivity index is 1.20. The molecule has 2 unspecified atom stereocenters. The number of hydrogen-bond donors (Lipinski definition) is 0. The van der Waals surface area contributed by atoms with E-state index in [-0.39, 0.29) is 17.7 Å². The number of hydrogen-bond acceptors (Lipinski definition) is 4. The van der Waals surface area contributed by atoms with Gasteiger partial charge in [0.05, 0.1) is 11.6 Å². The molecule has 3 saturated heterocycles. The molecule has 0 spiro atoms. The molecule has 0 saturated carbocycles. The zero-order chi connectivity index (χ0) is 20.5. The average molecular weight is 409 g/mol. The fourth-order valence-electron chi connectivity index (χ4n) is 5.40. The number of halogens is 1. The molecule has 3 aliphatic heterocycles. The molecule has 2 atom stereocenters. The molecule has 0 bridgehead atoms. The van der Waals surface area contributed by atoms with Crippen LogP contribution in [-0.2, 0) is 4.79 Å². The number of amides is 1. The normalized spacial score (nSPS) is 25.3. The summed E-state index contributed by atoms with van der Waals surface area (Å²) in [5.41, 5.74) is 1.71. The molecule has 0 N–H and O–H groups in total. The van der Waals surface area contributed by atoms with E-state index >= 15 is 0 Å². The van der Waals surface area contributed by atoms with Crippen LogP contribution in [0.3, 0.4) is 0 Å². The van der Waals surface area contributed by atoms with Crippen molar-refractivity contribution in [2.75, 3.05) is 26.2 Å². The lowest BCUT2D eigenvalue weighted by Gasteiger charge is -2.33. The fourth-order valence-corrected chi connectivity index (χ4v) is 5.40. The van der Waals surface area contributed by atoms with Crippen LogP contribution in [-0.4, -0.2) is 57.9 Å². The quantitative estimate of drug-likeness (QED) is 0.774. The predicted octanol–water partition coefficient (Wildman–Crippen LogP) is 3.86. The van der Waals surface area contributed by atoms with Gasteiger partial charge in [-0.1, -0.05) is 6.42 Å². The smallest absolute Gasteiger partial charge is 0.227 e. The number of fused-ring (bicyclic) bond motifs is 1. The van der Waals surface area contributed by atoms with Crippen LogP contribution in [0, 0.1) is 11.7 Å². The maximum atomic E-state index is 13.2. The van der Waals surface area contributed by atoms with E-state index in [0.717, 1.165) is 62.5 Å². The molecule has 2 aromatic rings. The van der Waals surface area contributed by atoms with Gasteiger partial charge in [-0.3, -0.25) is 9.69 Å². The van der Waals surface area contributed by atoms with Crippen LogP contribution in [0.2, 0.25) is 0 Å². The summed E-state index contributed by atoms with van der Waals surface area (Å²) in [7, 11) is 0. The summed E-state index contributed by atoms with van der Waals surface area (Å²) < 4.78 is 13.2. The lowest BCUT2D eigenvalue weighted by atomic mass is 9.93. The number of likely N-dealkylation sites (tertiary alicyclic amines) is 1. The topological polar surface area (TPSA) is 49.3 Å². The molecule has 1 aromatic heterocycles. The highest BCUT2D eigenvalue weighted by atomic mass is 19.1. The van der Waals surface area contributed by atoms with E-state index in [1.807, 2.05) is 6.07 Å². The van der Waals surface area contributed by atoms with Gasteiger partial charge in [0.25, 0.3) is 0 Å². The van der Waals surface area contributed by atoms with E-state index < -0.39 is 0 Å². The lowest BCUT2D eigenvalue weighted by molar-refractivity contribution is -0.136. The SMILES string of the molecule is O=C(C1CC2CCCCN2C1)N1CCC(c2nccc(-c3ccc(F)cc3)n2)CC1. The van der Waals surface area contributed by atoms with E-state index in [1.54, 1.807) is 18.3 Å². The van der Waals surface area contributed by atoms with E-state index in [1.165, 1.54) is 31.4 Å². The Bertz CT molecular complexity index is 880. The van der Waals surface area contributed by atoms with Crippen LogP contribution < -0.4 is 0 Å². The van der Waals surface area contributed by atoms with Gasteiger partial charge in [-0.05, 0) is 69.0 Å². The van der Waals surface area contributed by atoms with Crippen molar-refractivity contribution in [1.29, 1.82) is 0 Å². The van der Waals surface area contributed by atoms with Crippen LogP contribution in [0.1, 0.15) is 50.3 Å². The summed E-state index contributed by atoms with van der Waals surface area (Å²) in [5.74, 6) is 1.39. The number of rotatable bonds is 3. The maximum Gasteiger partial charge on any atom is 0.227 e. The Labute approximate surface area is 177 Å². The highest BCUT2D eigenvalue weighted by Crippen LogP contribution is 2.33. The summed E-state index contributed by atoms with van der Waals surface area (Å²) in [6.07, 6.45) is 8.48. The molecule has 1 aromatic carbocycles. The molecule has 0 radical (unpaired) electrons. The number of benzene rings is 1. The van der Waals surface area contributed by atoms with Gasteiger partial charge in [-0.15, -0.1) is 0 Å². The molecule has 6 heteroatoms. The van der Waals surface area contributed by atoms with Gasteiger partial charge in [-0.2, -0.15) is 0 Å². The van der Waals surface area contributed by atoms with Gasteiger partial charge in [-0.25, -0.2) is 14.4 Å². The Hall–Kier alpha value is -2.34. The number of carbonyl (C=O) groups is 1. The van der Waals surface area contributed by atoms with Gasteiger partial charge in [0.1, 0.15) is 11.6 Å². The average Bonchev–Trinajstić information content (AvgIpc) is 3.24. The third kappa shape index (κ3) is 3.97. The first-order chi connectivity index (χ1) is 14.7. The maximum absolute atomic E-state index is 13.2. The molecular weight excluding hydrogens is 379 g/mol. The molecule has 4 heterocycles. The molecule has 3 fully saturated rings. The molecule has 5 rings (SSSR count). The third-order valence-corrected chi connectivity index (χ3v) is 7.10.